The summed E-state index contributed by atoms with van der Waals surface area (Å²) in [5.41, 5.74) is 3.41. The van der Waals surface area contributed by atoms with Crippen molar-refractivity contribution in [3.63, 3.8) is 0 Å². The summed E-state index contributed by atoms with van der Waals surface area (Å²) in [5.74, 6) is 0. The van der Waals surface area contributed by atoms with E-state index in [9.17, 15) is 8.42 Å². The number of aryl methyl sites for hydroxylation is 2. The first kappa shape index (κ1) is 14.5. The Labute approximate surface area is 120 Å². The molecule has 0 fully saturated rings. The van der Waals surface area contributed by atoms with Crippen LogP contribution in [0.5, 0.6) is 0 Å². The first-order chi connectivity index (χ1) is 9.38. The molecule has 3 nitrogen and oxygen atoms in total. The second-order valence-corrected chi connectivity index (χ2v) is 6.44. The molecule has 0 amide bonds. The van der Waals surface area contributed by atoms with Crippen LogP contribution in [0.2, 0.25) is 0 Å². The maximum absolute atomic E-state index is 12.2. The molecule has 20 heavy (non-hydrogen) atoms. The van der Waals surface area contributed by atoms with Gasteiger partial charge in [0.1, 0.15) is 0 Å². The molecule has 0 aliphatic carbocycles. The van der Waals surface area contributed by atoms with Crippen LogP contribution in [0.1, 0.15) is 23.6 Å². The minimum Gasteiger partial charge on any atom is -0.199 e. The Morgan fingerprint density at radius 1 is 0.950 bits per heavy atom. The van der Waals surface area contributed by atoms with Gasteiger partial charge in [-0.25, -0.2) is 0 Å². The number of sulfonamides is 1. The average Bonchev–Trinajstić information content (AvgIpc) is 2.38. The Morgan fingerprint density at radius 3 is 2.20 bits per heavy atom. The molecule has 4 heteroatoms. The summed E-state index contributed by atoms with van der Waals surface area (Å²) in [6.07, 6.45) is 0. The van der Waals surface area contributed by atoms with E-state index in [-0.39, 0.29) is 4.90 Å². The van der Waals surface area contributed by atoms with Gasteiger partial charge in [0.15, 0.2) is 0 Å². The Kier molecular flexibility index (Phi) is 4.04. The highest BCUT2D eigenvalue weighted by Gasteiger charge is 2.13. The lowest BCUT2D eigenvalue weighted by atomic mass is 10.1. The van der Waals surface area contributed by atoms with Crippen LogP contribution in [0.15, 0.2) is 57.8 Å². The van der Waals surface area contributed by atoms with Crippen molar-refractivity contribution in [3.8, 4) is 0 Å². The summed E-state index contributed by atoms with van der Waals surface area (Å²) in [7, 11) is -3.65. The van der Waals surface area contributed by atoms with Gasteiger partial charge in [-0.2, -0.15) is 12.8 Å². The number of hydrogen-bond acceptors (Lipinski definition) is 2. The van der Waals surface area contributed by atoms with Crippen LogP contribution >= 0.6 is 0 Å². The van der Waals surface area contributed by atoms with E-state index in [0.717, 1.165) is 16.7 Å². The first-order valence-electron chi connectivity index (χ1n) is 6.34. The van der Waals surface area contributed by atoms with Crippen molar-refractivity contribution in [2.45, 2.75) is 25.7 Å². The number of rotatable bonds is 3. The Balaban J connectivity index is 2.40. The van der Waals surface area contributed by atoms with Crippen LogP contribution in [-0.2, 0) is 10.0 Å². The van der Waals surface area contributed by atoms with Crippen molar-refractivity contribution in [1.82, 2.24) is 0 Å². The molecule has 0 bridgehead atoms. The molecule has 2 aromatic carbocycles. The molecular formula is C16H17NO2S. The zero-order valence-electron chi connectivity index (χ0n) is 11.8. The molecule has 0 aliphatic heterocycles. The lowest BCUT2D eigenvalue weighted by Crippen LogP contribution is -2.03. The first-order valence-corrected chi connectivity index (χ1v) is 7.78. The molecule has 2 rings (SSSR count). The quantitative estimate of drug-likeness (QED) is 0.811. The fourth-order valence-electron chi connectivity index (χ4n) is 1.87. The molecular weight excluding hydrogens is 270 g/mol. The zero-order chi connectivity index (χ0) is 14.8. The maximum Gasteiger partial charge on any atom is 0.282 e. The topological polar surface area (TPSA) is 46.5 Å². The van der Waals surface area contributed by atoms with Crippen molar-refractivity contribution >= 4 is 15.7 Å². The highest BCUT2D eigenvalue weighted by molar-refractivity contribution is 7.90. The zero-order valence-corrected chi connectivity index (χ0v) is 12.6. The Bertz CT molecular complexity index is 744. The highest BCUT2D eigenvalue weighted by atomic mass is 32.2. The largest absolute Gasteiger partial charge is 0.282 e. The summed E-state index contributed by atoms with van der Waals surface area (Å²) in [5, 5.41) is 0. The van der Waals surface area contributed by atoms with Crippen LogP contribution in [0.4, 0.5) is 0 Å². The van der Waals surface area contributed by atoms with E-state index in [1.165, 1.54) is 0 Å². The van der Waals surface area contributed by atoms with E-state index in [1.807, 2.05) is 38.1 Å². The van der Waals surface area contributed by atoms with Gasteiger partial charge in [-0.15, -0.1) is 0 Å². The van der Waals surface area contributed by atoms with E-state index in [0.29, 0.717) is 5.71 Å². The molecule has 2 aromatic rings. The standard InChI is InChI=1S/C16H17NO2S/c1-12-7-9-16(10-8-12)20(18,19)17-14(3)15-6-4-5-13(2)11-15/h4-11H,1-3H3/b17-14-. The smallest absolute Gasteiger partial charge is 0.199 e. The molecule has 0 spiro atoms. The highest BCUT2D eigenvalue weighted by Crippen LogP contribution is 2.15. The van der Waals surface area contributed by atoms with Gasteiger partial charge in [-0.1, -0.05) is 47.5 Å². The van der Waals surface area contributed by atoms with Crippen LogP contribution in [0, 0.1) is 13.8 Å². The predicted octanol–water partition coefficient (Wildman–Crippen LogP) is 3.50. The average molecular weight is 287 g/mol. The molecule has 0 atom stereocenters. The molecule has 0 saturated heterocycles. The van der Waals surface area contributed by atoms with E-state index < -0.39 is 10.0 Å². The third-order valence-electron chi connectivity index (χ3n) is 3.01. The van der Waals surface area contributed by atoms with Gasteiger partial charge in [0, 0.05) is 0 Å². The lowest BCUT2D eigenvalue weighted by molar-refractivity contribution is 0.598. The summed E-state index contributed by atoms with van der Waals surface area (Å²) in [6.45, 7) is 5.59. The maximum atomic E-state index is 12.2. The van der Waals surface area contributed by atoms with Crippen LogP contribution in [0.25, 0.3) is 0 Å². The normalized spacial score (nSPS) is 12.4. The number of nitrogens with zero attached hydrogens (tertiary/aromatic N) is 1. The summed E-state index contributed by atoms with van der Waals surface area (Å²) in [6, 6.07) is 14.3. The minimum absolute atomic E-state index is 0.218. The lowest BCUT2D eigenvalue weighted by Gasteiger charge is -2.04. The fourth-order valence-corrected chi connectivity index (χ4v) is 2.92. The third kappa shape index (κ3) is 3.33. The number of benzene rings is 2. The summed E-state index contributed by atoms with van der Waals surface area (Å²) >= 11 is 0. The van der Waals surface area contributed by atoms with Gasteiger partial charge < -0.3 is 0 Å². The molecule has 0 N–H and O–H groups in total. The van der Waals surface area contributed by atoms with Gasteiger partial charge in [-0.3, -0.25) is 0 Å². The van der Waals surface area contributed by atoms with Crippen molar-refractivity contribution in [3.05, 3.63) is 65.2 Å². The Morgan fingerprint density at radius 2 is 1.60 bits per heavy atom. The van der Waals surface area contributed by atoms with Crippen LogP contribution < -0.4 is 0 Å². The SMILES string of the molecule is C/C(=N/S(=O)(=O)c1ccc(C)cc1)c1cccc(C)c1. The molecule has 0 aromatic heterocycles. The van der Waals surface area contributed by atoms with Gasteiger partial charge in [0.25, 0.3) is 10.0 Å². The van der Waals surface area contributed by atoms with E-state index in [2.05, 4.69) is 4.40 Å². The Hall–Kier alpha value is -1.94. The second-order valence-electron chi connectivity index (χ2n) is 4.83. The molecule has 0 radical (unpaired) electrons. The van der Waals surface area contributed by atoms with Crippen LogP contribution in [-0.4, -0.2) is 14.1 Å². The molecule has 0 heterocycles. The molecule has 104 valence electrons. The molecule has 0 aliphatic rings. The monoisotopic (exact) mass is 287 g/mol. The van der Waals surface area contributed by atoms with Crippen molar-refractivity contribution in [2.24, 2.45) is 4.40 Å². The summed E-state index contributed by atoms with van der Waals surface area (Å²) < 4.78 is 28.4. The van der Waals surface area contributed by atoms with E-state index in [4.69, 9.17) is 0 Å². The van der Waals surface area contributed by atoms with Gasteiger partial charge >= 0.3 is 0 Å². The van der Waals surface area contributed by atoms with Crippen molar-refractivity contribution in [2.75, 3.05) is 0 Å². The minimum atomic E-state index is -3.65. The van der Waals surface area contributed by atoms with Crippen molar-refractivity contribution < 1.29 is 8.42 Å². The van der Waals surface area contributed by atoms with E-state index in [1.54, 1.807) is 31.2 Å². The van der Waals surface area contributed by atoms with Crippen LogP contribution in [0.3, 0.4) is 0 Å². The number of hydrogen-bond donors (Lipinski definition) is 0. The van der Waals surface area contributed by atoms with Gasteiger partial charge in [0.2, 0.25) is 0 Å². The van der Waals surface area contributed by atoms with E-state index >= 15 is 0 Å². The molecule has 0 saturated carbocycles. The summed E-state index contributed by atoms with van der Waals surface area (Å²) in [4.78, 5) is 0.218. The fraction of sp³-hybridized carbons (Fsp3) is 0.188. The van der Waals surface area contributed by atoms with Crippen molar-refractivity contribution in [1.29, 1.82) is 0 Å². The van der Waals surface area contributed by atoms with Gasteiger partial charge in [0.05, 0.1) is 10.6 Å². The third-order valence-corrected chi connectivity index (χ3v) is 4.39. The molecule has 0 unspecified atom stereocenters. The second kappa shape index (κ2) is 5.59. The predicted molar refractivity (Wildman–Crippen MR) is 81.8 cm³/mol. The van der Waals surface area contributed by atoms with Gasteiger partial charge in [-0.05, 0) is 38.5 Å².